The van der Waals surface area contributed by atoms with Crippen molar-refractivity contribution in [3.8, 4) is 17.1 Å². The molecule has 5 heteroatoms. The van der Waals surface area contributed by atoms with Gasteiger partial charge in [-0.1, -0.05) is 23.7 Å². The molecule has 1 heterocycles. The highest BCUT2D eigenvalue weighted by Gasteiger charge is 2.17. The summed E-state index contributed by atoms with van der Waals surface area (Å²) in [5.41, 5.74) is 1.91. The predicted molar refractivity (Wildman–Crippen MR) is 94.8 cm³/mol. The minimum Gasteiger partial charge on any atom is -0.497 e. The monoisotopic (exact) mass is 341 g/mol. The van der Waals surface area contributed by atoms with E-state index < -0.39 is 0 Å². The number of hydrogen-bond donors (Lipinski definition) is 1. The molecule has 0 aliphatic carbocycles. The van der Waals surface area contributed by atoms with Crippen LogP contribution in [-0.4, -0.2) is 13.0 Å². The maximum atomic E-state index is 12.5. The van der Waals surface area contributed by atoms with Crippen molar-refractivity contribution in [1.29, 1.82) is 0 Å². The lowest BCUT2D eigenvalue weighted by atomic mass is 10.1. The number of ether oxygens (including phenoxy) is 1. The van der Waals surface area contributed by atoms with Crippen molar-refractivity contribution in [3.63, 3.8) is 0 Å². The molecule has 0 atom stereocenters. The maximum absolute atomic E-state index is 12.5. The molecule has 1 amide bonds. The first kappa shape index (κ1) is 16.1. The summed E-state index contributed by atoms with van der Waals surface area (Å²) in [6.07, 6.45) is 0. The van der Waals surface area contributed by atoms with Crippen LogP contribution in [0.1, 0.15) is 16.1 Å². The van der Waals surface area contributed by atoms with Gasteiger partial charge in [0.15, 0.2) is 0 Å². The Hall–Kier alpha value is -2.72. The largest absolute Gasteiger partial charge is 0.497 e. The number of carbonyl (C=O) groups is 1. The van der Waals surface area contributed by atoms with Gasteiger partial charge in [-0.3, -0.25) is 4.79 Å². The Morgan fingerprint density at radius 3 is 2.50 bits per heavy atom. The molecule has 0 aliphatic heterocycles. The minimum atomic E-state index is -0.236. The standard InChI is InChI=1S/C19H16ClNO3/c1-12-16(11-18(24-12)15-5-3-4-6-17(15)20)19(22)21-13-7-9-14(23-2)10-8-13/h3-11H,1-2H3,(H,21,22). The molecule has 2 aromatic carbocycles. The van der Waals surface area contributed by atoms with E-state index in [0.29, 0.717) is 27.8 Å². The molecule has 0 fully saturated rings. The molecule has 0 bridgehead atoms. The van der Waals surface area contributed by atoms with Gasteiger partial charge in [0.05, 0.1) is 17.7 Å². The average molecular weight is 342 g/mol. The first-order valence-corrected chi connectivity index (χ1v) is 7.77. The van der Waals surface area contributed by atoms with E-state index in [1.807, 2.05) is 18.2 Å². The van der Waals surface area contributed by atoms with E-state index in [1.54, 1.807) is 50.4 Å². The second kappa shape index (κ2) is 6.81. The lowest BCUT2D eigenvalue weighted by Crippen LogP contribution is -2.11. The number of amides is 1. The van der Waals surface area contributed by atoms with Gasteiger partial charge in [0.1, 0.15) is 17.3 Å². The van der Waals surface area contributed by atoms with Crippen molar-refractivity contribution < 1.29 is 13.9 Å². The summed E-state index contributed by atoms with van der Waals surface area (Å²) in [6, 6.07) is 16.2. The fraction of sp³-hybridized carbons (Fsp3) is 0.105. The molecule has 3 aromatic rings. The number of aryl methyl sites for hydroxylation is 1. The smallest absolute Gasteiger partial charge is 0.259 e. The summed E-state index contributed by atoms with van der Waals surface area (Å²) in [5.74, 6) is 1.60. The number of carbonyl (C=O) groups excluding carboxylic acids is 1. The topological polar surface area (TPSA) is 51.5 Å². The van der Waals surface area contributed by atoms with Crippen molar-refractivity contribution in [1.82, 2.24) is 0 Å². The molecule has 0 aliphatic rings. The first-order chi connectivity index (χ1) is 11.6. The Bertz CT molecular complexity index is 869. The SMILES string of the molecule is COc1ccc(NC(=O)c2cc(-c3ccccc3Cl)oc2C)cc1. The van der Waals surface area contributed by atoms with Gasteiger partial charge in [-0.15, -0.1) is 0 Å². The van der Waals surface area contributed by atoms with Crippen molar-refractivity contribution in [2.24, 2.45) is 0 Å². The Morgan fingerprint density at radius 2 is 1.83 bits per heavy atom. The summed E-state index contributed by atoms with van der Waals surface area (Å²) >= 11 is 6.19. The van der Waals surface area contributed by atoms with E-state index in [1.165, 1.54) is 0 Å². The highest BCUT2D eigenvalue weighted by atomic mass is 35.5. The van der Waals surface area contributed by atoms with E-state index in [4.69, 9.17) is 20.8 Å². The second-order valence-electron chi connectivity index (χ2n) is 5.24. The lowest BCUT2D eigenvalue weighted by Gasteiger charge is -2.05. The molecule has 0 saturated carbocycles. The number of nitrogens with one attached hydrogen (secondary N) is 1. The fourth-order valence-corrected chi connectivity index (χ4v) is 2.60. The zero-order valence-electron chi connectivity index (χ0n) is 13.3. The van der Waals surface area contributed by atoms with Gasteiger partial charge >= 0.3 is 0 Å². The fourth-order valence-electron chi connectivity index (χ4n) is 2.37. The number of anilines is 1. The third-order valence-electron chi connectivity index (χ3n) is 3.65. The van der Waals surface area contributed by atoms with Crippen molar-refractivity contribution >= 4 is 23.2 Å². The molecule has 3 rings (SSSR count). The molecular weight excluding hydrogens is 326 g/mol. The van der Waals surface area contributed by atoms with Gasteiger partial charge in [-0.2, -0.15) is 0 Å². The van der Waals surface area contributed by atoms with E-state index in [2.05, 4.69) is 5.32 Å². The second-order valence-corrected chi connectivity index (χ2v) is 5.65. The molecular formula is C19H16ClNO3. The van der Waals surface area contributed by atoms with Crippen LogP contribution in [-0.2, 0) is 0 Å². The van der Waals surface area contributed by atoms with Crippen LogP contribution in [0.3, 0.4) is 0 Å². The predicted octanol–water partition coefficient (Wildman–Crippen LogP) is 5.17. The Labute approximate surface area is 145 Å². The van der Waals surface area contributed by atoms with Crippen LogP contribution in [0, 0.1) is 6.92 Å². The van der Waals surface area contributed by atoms with Crippen LogP contribution in [0.15, 0.2) is 59.0 Å². The number of hydrogen-bond acceptors (Lipinski definition) is 3. The summed E-state index contributed by atoms with van der Waals surface area (Å²) in [4.78, 5) is 12.5. The number of rotatable bonds is 4. The molecule has 1 N–H and O–H groups in total. The number of methoxy groups -OCH3 is 1. The van der Waals surface area contributed by atoms with Crippen LogP contribution in [0.25, 0.3) is 11.3 Å². The number of furan rings is 1. The first-order valence-electron chi connectivity index (χ1n) is 7.39. The summed E-state index contributed by atoms with van der Waals surface area (Å²) in [7, 11) is 1.60. The maximum Gasteiger partial charge on any atom is 0.259 e. The molecule has 122 valence electrons. The molecule has 0 spiro atoms. The van der Waals surface area contributed by atoms with E-state index in [9.17, 15) is 4.79 Å². The van der Waals surface area contributed by atoms with Gasteiger partial charge in [0, 0.05) is 11.3 Å². The third-order valence-corrected chi connectivity index (χ3v) is 3.98. The Kier molecular flexibility index (Phi) is 4.58. The molecule has 0 unspecified atom stereocenters. The van der Waals surface area contributed by atoms with Gasteiger partial charge in [-0.25, -0.2) is 0 Å². The van der Waals surface area contributed by atoms with Crippen LogP contribution < -0.4 is 10.1 Å². The number of halogens is 1. The third kappa shape index (κ3) is 3.29. The van der Waals surface area contributed by atoms with Crippen LogP contribution >= 0.6 is 11.6 Å². The highest BCUT2D eigenvalue weighted by molar-refractivity contribution is 6.33. The quantitative estimate of drug-likeness (QED) is 0.712. The Morgan fingerprint density at radius 1 is 1.12 bits per heavy atom. The molecule has 0 radical (unpaired) electrons. The number of benzene rings is 2. The summed E-state index contributed by atoms with van der Waals surface area (Å²) < 4.78 is 10.8. The van der Waals surface area contributed by atoms with Crippen LogP contribution in [0.2, 0.25) is 5.02 Å². The van der Waals surface area contributed by atoms with Gasteiger partial charge in [0.25, 0.3) is 5.91 Å². The van der Waals surface area contributed by atoms with Crippen LogP contribution in [0.4, 0.5) is 5.69 Å². The normalized spacial score (nSPS) is 10.5. The van der Waals surface area contributed by atoms with Crippen molar-refractivity contribution in [2.45, 2.75) is 6.92 Å². The van der Waals surface area contributed by atoms with E-state index >= 15 is 0 Å². The molecule has 24 heavy (non-hydrogen) atoms. The molecule has 0 saturated heterocycles. The Balaban J connectivity index is 1.84. The van der Waals surface area contributed by atoms with E-state index in [-0.39, 0.29) is 5.91 Å². The summed E-state index contributed by atoms with van der Waals surface area (Å²) in [5, 5.41) is 3.42. The average Bonchev–Trinajstić information content (AvgIpc) is 2.97. The van der Waals surface area contributed by atoms with Gasteiger partial charge < -0.3 is 14.5 Å². The van der Waals surface area contributed by atoms with Crippen molar-refractivity contribution in [3.05, 3.63) is 70.9 Å². The van der Waals surface area contributed by atoms with Gasteiger partial charge in [-0.05, 0) is 49.4 Å². The highest BCUT2D eigenvalue weighted by Crippen LogP contribution is 2.31. The van der Waals surface area contributed by atoms with Gasteiger partial charge in [0.2, 0.25) is 0 Å². The molecule has 1 aromatic heterocycles. The molecule has 4 nitrogen and oxygen atoms in total. The zero-order valence-corrected chi connectivity index (χ0v) is 14.1. The van der Waals surface area contributed by atoms with Crippen molar-refractivity contribution in [2.75, 3.05) is 12.4 Å². The van der Waals surface area contributed by atoms with Crippen LogP contribution in [0.5, 0.6) is 5.75 Å². The minimum absolute atomic E-state index is 0.236. The summed E-state index contributed by atoms with van der Waals surface area (Å²) in [6.45, 7) is 1.75. The zero-order chi connectivity index (χ0) is 17.1. The lowest BCUT2D eigenvalue weighted by molar-refractivity contribution is 0.102. The van der Waals surface area contributed by atoms with E-state index in [0.717, 1.165) is 11.3 Å².